The molecule has 0 atom stereocenters. The number of aromatic nitrogens is 4. The number of nitrogens with one attached hydrogen (secondary N) is 1. The molecule has 2 aromatic heterocycles. The quantitative estimate of drug-likeness (QED) is 0.777. The maximum atomic E-state index is 12.9. The van der Waals surface area contributed by atoms with Gasteiger partial charge in [0.2, 0.25) is 0 Å². The van der Waals surface area contributed by atoms with Gasteiger partial charge in [0.1, 0.15) is 12.2 Å². The van der Waals surface area contributed by atoms with Gasteiger partial charge in [0.05, 0.1) is 5.56 Å². The van der Waals surface area contributed by atoms with Crippen LogP contribution in [0, 0.1) is 0 Å². The minimum Gasteiger partial charge on any atom is -0.360 e. The summed E-state index contributed by atoms with van der Waals surface area (Å²) in [6, 6.07) is 5.55. The molecule has 7 heteroatoms. The number of piperidine rings is 1. The number of hydrogen-bond donors (Lipinski definition) is 1. The highest BCUT2D eigenvalue weighted by molar-refractivity contribution is 6.31. The van der Waals surface area contributed by atoms with E-state index in [9.17, 15) is 4.79 Å². The Morgan fingerprint density at radius 2 is 2.12 bits per heavy atom. The monoisotopic (exact) mass is 343 g/mol. The minimum absolute atomic E-state index is 0.0694. The third-order valence-electron chi connectivity index (χ3n) is 4.77. The molecule has 6 nitrogen and oxygen atoms in total. The van der Waals surface area contributed by atoms with Gasteiger partial charge in [-0.2, -0.15) is 0 Å². The highest BCUT2D eigenvalue weighted by Crippen LogP contribution is 2.28. The number of rotatable bonds is 2. The number of H-pyrrole nitrogens is 1. The number of likely N-dealkylation sites (tertiary alicyclic amines) is 1. The third kappa shape index (κ3) is 2.57. The first-order valence-corrected chi connectivity index (χ1v) is 8.41. The molecular weight excluding hydrogens is 326 g/mol. The molecule has 3 aromatic rings. The number of aromatic amines is 1. The van der Waals surface area contributed by atoms with Crippen molar-refractivity contribution in [2.45, 2.75) is 18.8 Å². The van der Waals surface area contributed by atoms with E-state index in [1.165, 1.54) is 0 Å². The fourth-order valence-corrected chi connectivity index (χ4v) is 3.62. The van der Waals surface area contributed by atoms with Crippen molar-refractivity contribution in [3.05, 3.63) is 47.1 Å². The van der Waals surface area contributed by atoms with Crippen LogP contribution >= 0.6 is 11.6 Å². The lowest BCUT2D eigenvalue weighted by Crippen LogP contribution is -2.38. The third-order valence-corrected chi connectivity index (χ3v) is 5.00. The zero-order chi connectivity index (χ0) is 16.7. The normalized spacial score (nSPS) is 16.0. The minimum atomic E-state index is 0.0694. The average molecular weight is 344 g/mol. The number of carbonyl (C=O) groups excluding carboxylic acids is 1. The number of amides is 1. The van der Waals surface area contributed by atoms with Gasteiger partial charge in [0.15, 0.2) is 0 Å². The van der Waals surface area contributed by atoms with Crippen LogP contribution in [0.25, 0.3) is 10.9 Å². The van der Waals surface area contributed by atoms with Crippen LogP contribution in [-0.4, -0.2) is 43.6 Å². The fraction of sp³-hybridized carbons (Fsp3) is 0.353. The lowest BCUT2D eigenvalue weighted by atomic mass is 9.95. The lowest BCUT2D eigenvalue weighted by molar-refractivity contribution is 0.0712. The molecular formula is C17H18ClN5O. The Kier molecular flexibility index (Phi) is 3.76. The summed E-state index contributed by atoms with van der Waals surface area (Å²) in [5, 5.41) is 9.73. The van der Waals surface area contributed by atoms with E-state index in [1.807, 2.05) is 34.7 Å². The highest BCUT2D eigenvalue weighted by atomic mass is 35.5. The molecule has 0 radical (unpaired) electrons. The number of halogens is 1. The smallest absolute Gasteiger partial charge is 0.256 e. The standard InChI is InChI=1S/C17H18ClN5O/c1-22-10-20-21-16(22)11-4-6-23(7-5-11)17(24)14-9-19-15-8-12(18)2-3-13(14)15/h2-3,8-11,19H,4-7H2,1H3. The molecule has 3 heterocycles. The van der Waals surface area contributed by atoms with Gasteiger partial charge in [-0.1, -0.05) is 17.7 Å². The molecule has 24 heavy (non-hydrogen) atoms. The molecule has 1 aliphatic heterocycles. The Balaban J connectivity index is 1.51. The zero-order valence-electron chi connectivity index (χ0n) is 13.4. The van der Waals surface area contributed by atoms with Crippen molar-refractivity contribution in [2.75, 3.05) is 13.1 Å². The second kappa shape index (κ2) is 5.94. The fourth-order valence-electron chi connectivity index (χ4n) is 3.45. The van der Waals surface area contributed by atoms with Crippen LogP contribution in [0.3, 0.4) is 0 Å². The van der Waals surface area contributed by atoms with Gasteiger partial charge in [-0.15, -0.1) is 10.2 Å². The van der Waals surface area contributed by atoms with Crippen molar-refractivity contribution < 1.29 is 4.79 Å². The van der Waals surface area contributed by atoms with E-state index >= 15 is 0 Å². The van der Waals surface area contributed by atoms with Crippen LogP contribution < -0.4 is 0 Å². The number of nitrogens with zero attached hydrogens (tertiary/aromatic N) is 4. The maximum absolute atomic E-state index is 12.9. The summed E-state index contributed by atoms with van der Waals surface area (Å²) in [6.45, 7) is 1.47. The number of aryl methyl sites for hydroxylation is 1. The van der Waals surface area contributed by atoms with Gasteiger partial charge in [-0.05, 0) is 25.0 Å². The molecule has 4 rings (SSSR count). The van der Waals surface area contributed by atoms with Crippen LogP contribution in [0.4, 0.5) is 0 Å². The number of fused-ring (bicyclic) bond motifs is 1. The summed E-state index contributed by atoms with van der Waals surface area (Å²) in [5.41, 5.74) is 1.60. The Labute approximate surface area is 144 Å². The van der Waals surface area contributed by atoms with Crippen LogP contribution in [-0.2, 0) is 7.05 Å². The molecule has 1 aromatic carbocycles. The molecule has 124 valence electrons. The van der Waals surface area contributed by atoms with Crippen LogP contribution in [0.2, 0.25) is 5.02 Å². The highest BCUT2D eigenvalue weighted by Gasteiger charge is 2.27. The molecule has 1 fully saturated rings. The van der Waals surface area contributed by atoms with E-state index in [0.29, 0.717) is 16.5 Å². The van der Waals surface area contributed by atoms with Crippen molar-refractivity contribution >= 4 is 28.4 Å². The van der Waals surface area contributed by atoms with Gasteiger partial charge < -0.3 is 14.5 Å². The number of benzene rings is 1. The van der Waals surface area contributed by atoms with Crippen LogP contribution in [0.1, 0.15) is 34.9 Å². The van der Waals surface area contributed by atoms with Crippen LogP contribution in [0.15, 0.2) is 30.7 Å². The summed E-state index contributed by atoms with van der Waals surface area (Å²) in [5.74, 6) is 1.44. The average Bonchev–Trinajstić information content (AvgIpc) is 3.20. The SMILES string of the molecule is Cn1cnnc1C1CCN(C(=O)c2c[nH]c3cc(Cl)ccc23)CC1. The van der Waals surface area contributed by atoms with Crippen molar-refractivity contribution in [3.8, 4) is 0 Å². The molecule has 1 N–H and O–H groups in total. The van der Waals surface area contributed by atoms with Crippen molar-refractivity contribution in [1.29, 1.82) is 0 Å². The van der Waals surface area contributed by atoms with E-state index < -0.39 is 0 Å². The summed E-state index contributed by atoms with van der Waals surface area (Å²) >= 11 is 6.01. The van der Waals surface area contributed by atoms with E-state index in [-0.39, 0.29) is 5.91 Å². The van der Waals surface area contributed by atoms with Gasteiger partial charge in [-0.25, -0.2) is 0 Å². The van der Waals surface area contributed by atoms with Gasteiger partial charge in [-0.3, -0.25) is 4.79 Å². The largest absolute Gasteiger partial charge is 0.360 e. The summed E-state index contributed by atoms with van der Waals surface area (Å²) < 4.78 is 1.96. The van der Waals surface area contributed by atoms with Gasteiger partial charge >= 0.3 is 0 Å². The zero-order valence-corrected chi connectivity index (χ0v) is 14.1. The van der Waals surface area contributed by atoms with Crippen molar-refractivity contribution in [2.24, 2.45) is 7.05 Å². The Morgan fingerprint density at radius 3 is 2.83 bits per heavy atom. The predicted octanol–water partition coefficient (Wildman–Crippen LogP) is 2.97. The first-order valence-electron chi connectivity index (χ1n) is 8.03. The van der Waals surface area contributed by atoms with Gasteiger partial charge in [0, 0.05) is 48.2 Å². The number of carbonyl (C=O) groups is 1. The molecule has 1 amide bonds. The molecule has 0 aliphatic carbocycles. The van der Waals surface area contributed by atoms with Gasteiger partial charge in [0.25, 0.3) is 5.91 Å². The first-order chi connectivity index (χ1) is 11.6. The topological polar surface area (TPSA) is 66.8 Å². The number of hydrogen-bond acceptors (Lipinski definition) is 3. The van der Waals surface area contributed by atoms with Crippen molar-refractivity contribution in [1.82, 2.24) is 24.6 Å². The molecule has 0 spiro atoms. The second-order valence-electron chi connectivity index (χ2n) is 6.26. The molecule has 1 saturated heterocycles. The maximum Gasteiger partial charge on any atom is 0.256 e. The second-order valence-corrected chi connectivity index (χ2v) is 6.70. The molecule has 0 bridgehead atoms. The summed E-state index contributed by atoms with van der Waals surface area (Å²) in [7, 11) is 1.96. The summed E-state index contributed by atoms with van der Waals surface area (Å²) in [4.78, 5) is 17.9. The predicted molar refractivity (Wildman–Crippen MR) is 92.2 cm³/mol. The van der Waals surface area contributed by atoms with Crippen LogP contribution in [0.5, 0.6) is 0 Å². The Bertz CT molecular complexity index is 891. The van der Waals surface area contributed by atoms with E-state index in [1.54, 1.807) is 12.5 Å². The van der Waals surface area contributed by atoms with Crippen molar-refractivity contribution in [3.63, 3.8) is 0 Å². The summed E-state index contributed by atoms with van der Waals surface area (Å²) in [6.07, 6.45) is 5.32. The first kappa shape index (κ1) is 15.2. The van der Waals surface area contributed by atoms with E-state index in [2.05, 4.69) is 15.2 Å². The lowest BCUT2D eigenvalue weighted by Gasteiger charge is -2.31. The Hall–Kier alpha value is -2.34. The van der Waals surface area contributed by atoms with E-state index in [4.69, 9.17) is 11.6 Å². The van der Waals surface area contributed by atoms with E-state index in [0.717, 1.165) is 42.7 Å². The Morgan fingerprint density at radius 1 is 1.33 bits per heavy atom. The molecule has 0 unspecified atom stereocenters. The molecule has 0 saturated carbocycles. The molecule has 1 aliphatic rings.